The van der Waals surface area contributed by atoms with E-state index in [-0.39, 0.29) is 5.41 Å². The summed E-state index contributed by atoms with van der Waals surface area (Å²) in [7, 11) is 0. The van der Waals surface area contributed by atoms with Gasteiger partial charge in [-0.1, -0.05) is 112 Å². The highest BCUT2D eigenvalue weighted by Gasteiger charge is 2.51. The first-order valence-corrected chi connectivity index (χ1v) is 19.8. The van der Waals surface area contributed by atoms with Gasteiger partial charge in [0.1, 0.15) is 0 Å². The van der Waals surface area contributed by atoms with E-state index in [2.05, 4.69) is 134 Å². The molecule has 5 fully saturated rings. The third-order valence-corrected chi connectivity index (χ3v) is 14.0. The van der Waals surface area contributed by atoms with Crippen LogP contribution < -0.4 is 4.90 Å². The lowest BCUT2D eigenvalue weighted by Gasteiger charge is -2.57. The molecule has 6 aliphatic rings. The van der Waals surface area contributed by atoms with Crippen molar-refractivity contribution in [3.05, 3.63) is 138 Å². The van der Waals surface area contributed by atoms with Gasteiger partial charge < -0.3 is 4.90 Å². The number of hydrogen-bond acceptors (Lipinski definition) is 1. The third kappa shape index (κ3) is 4.94. The van der Waals surface area contributed by atoms with E-state index in [4.69, 9.17) is 0 Å². The van der Waals surface area contributed by atoms with E-state index in [1.165, 1.54) is 127 Å². The second kappa shape index (κ2) is 11.7. The molecule has 0 saturated heterocycles. The maximum Gasteiger partial charge on any atom is 0.0465 e. The Balaban J connectivity index is 1.06. The minimum Gasteiger partial charge on any atom is -0.310 e. The largest absolute Gasteiger partial charge is 0.310 e. The fourth-order valence-electron chi connectivity index (χ4n) is 12.0. The zero-order valence-corrected chi connectivity index (χ0v) is 30.0. The molecule has 0 spiro atoms. The predicted octanol–water partition coefficient (Wildman–Crippen LogP) is 13.6. The lowest BCUT2D eigenvalue weighted by Crippen LogP contribution is -2.48. The van der Waals surface area contributed by atoms with Gasteiger partial charge in [-0.3, -0.25) is 0 Å². The van der Waals surface area contributed by atoms with Gasteiger partial charge in [0.2, 0.25) is 0 Å². The normalized spacial score (nSPS) is 26.1. The summed E-state index contributed by atoms with van der Waals surface area (Å²) in [6.07, 6.45) is 15.5. The van der Waals surface area contributed by atoms with Gasteiger partial charge in [-0.15, -0.1) is 0 Å². The average Bonchev–Trinajstić information content (AvgIpc) is 3.38. The molecule has 4 bridgehead atoms. The van der Waals surface area contributed by atoms with Crippen molar-refractivity contribution in [3.63, 3.8) is 0 Å². The molecule has 11 rings (SSSR count). The molecule has 0 radical (unpaired) electrons. The van der Waals surface area contributed by atoms with Gasteiger partial charge in [-0.25, -0.2) is 0 Å². The fourth-order valence-corrected chi connectivity index (χ4v) is 12.0. The van der Waals surface area contributed by atoms with Crippen molar-refractivity contribution >= 4 is 17.1 Å². The summed E-state index contributed by atoms with van der Waals surface area (Å²) < 4.78 is 0. The minimum absolute atomic E-state index is 0.0929. The van der Waals surface area contributed by atoms with Gasteiger partial charge in [0.05, 0.1) is 0 Å². The van der Waals surface area contributed by atoms with Crippen molar-refractivity contribution in [3.8, 4) is 22.3 Å². The van der Waals surface area contributed by atoms with Crippen LogP contribution in [0, 0.1) is 17.8 Å². The molecule has 5 aromatic rings. The van der Waals surface area contributed by atoms with Crippen LogP contribution in [0.25, 0.3) is 22.3 Å². The van der Waals surface area contributed by atoms with Crippen LogP contribution in [-0.2, 0) is 10.8 Å². The fraction of sp³-hybridized carbons (Fsp3) is 0.388. The highest BCUT2D eigenvalue weighted by Crippen LogP contribution is 2.61. The predicted molar refractivity (Wildman–Crippen MR) is 210 cm³/mol. The summed E-state index contributed by atoms with van der Waals surface area (Å²) in [5.41, 5.74) is 15.4. The SMILES string of the molecule is CC1(C)c2cc(N(c3ccc(C4CCCCC4)cc3)c3ccc(C45CC6CC(CC(C6)C4)C5)cc3)ccc2-c2c(-c3ccccc3)cccc21. The molecule has 0 unspecified atom stereocenters. The van der Waals surface area contributed by atoms with Gasteiger partial charge in [-0.05, 0) is 161 Å². The lowest BCUT2D eigenvalue weighted by atomic mass is 9.48. The van der Waals surface area contributed by atoms with Crippen molar-refractivity contribution in [1.29, 1.82) is 0 Å². The summed E-state index contributed by atoms with van der Waals surface area (Å²) in [5.74, 6) is 3.59. The van der Waals surface area contributed by atoms with Gasteiger partial charge >= 0.3 is 0 Å². The Labute approximate surface area is 299 Å². The smallest absolute Gasteiger partial charge is 0.0465 e. The summed E-state index contributed by atoms with van der Waals surface area (Å²) >= 11 is 0. The summed E-state index contributed by atoms with van der Waals surface area (Å²) in [6, 6.07) is 44.7. The highest BCUT2D eigenvalue weighted by atomic mass is 15.1. The van der Waals surface area contributed by atoms with Crippen molar-refractivity contribution < 1.29 is 0 Å². The topological polar surface area (TPSA) is 3.24 Å². The minimum atomic E-state index is -0.0929. The first-order valence-electron chi connectivity index (χ1n) is 19.8. The molecule has 0 aliphatic heterocycles. The Kier molecular flexibility index (Phi) is 7.20. The standard InChI is InChI=1S/C49H51N/c1-48(2)45-15-9-14-43(38-12-7-4-8-13-38)47(45)44-25-24-42(29-46(44)48)50(40-20-16-37(17-21-40)36-10-5-3-6-11-36)41-22-18-39(19-23-41)49-30-33-26-34(31-49)28-35(27-33)32-49/h4,7-9,12-25,29,33-36H,3,5-6,10-11,26-28,30-32H2,1-2H3. The molecule has 1 heteroatoms. The Morgan fingerprint density at radius 3 is 1.82 bits per heavy atom. The van der Waals surface area contributed by atoms with Gasteiger partial charge in [0.15, 0.2) is 0 Å². The number of benzene rings is 5. The molecule has 5 saturated carbocycles. The van der Waals surface area contributed by atoms with Crippen LogP contribution in [0.4, 0.5) is 17.1 Å². The number of anilines is 3. The van der Waals surface area contributed by atoms with Gasteiger partial charge in [-0.2, -0.15) is 0 Å². The van der Waals surface area contributed by atoms with Crippen molar-refractivity contribution in [2.45, 2.75) is 101 Å². The van der Waals surface area contributed by atoms with E-state index >= 15 is 0 Å². The molecule has 6 aliphatic carbocycles. The third-order valence-electron chi connectivity index (χ3n) is 14.0. The maximum absolute atomic E-state index is 2.53. The zero-order chi connectivity index (χ0) is 33.5. The first kappa shape index (κ1) is 30.7. The zero-order valence-electron chi connectivity index (χ0n) is 30.0. The Bertz CT molecular complexity index is 1990. The number of hydrogen-bond donors (Lipinski definition) is 0. The molecule has 0 atom stereocenters. The molecule has 5 aromatic carbocycles. The molecule has 0 aromatic heterocycles. The Morgan fingerprint density at radius 2 is 1.16 bits per heavy atom. The van der Waals surface area contributed by atoms with Crippen molar-refractivity contribution in [2.75, 3.05) is 4.90 Å². The molecule has 50 heavy (non-hydrogen) atoms. The molecular weight excluding hydrogens is 603 g/mol. The number of fused-ring (bicyclic) bond motifs is 3. The molecule has 0 N–H and O–H groups in total. The van der Waals surface area contributed by atoms with Crippen molar-refractivity contribution in [1.82, 2.24) is 0 Å². The lowest BCUT2D eigenvalue weighted by molar-refractivity contribution is -0.00518. The highest BCUT2D eigenvalue weighted by molar-refractivity contribution is 5.94. The number of nitrogens with zero attached hydrogens (tertiary/aromatic N) is 1. The molecule has 1 nitrogen and oxygen atoms in total. The summed E-state index contributed by atoms with van der Waals surface area (Å²) in [4.78, 5) is 2.53. The monoisotopic (exact) mass is 653 g/mol. The van der Waals surface area contributed by atoms with Crippen LogP contribution in [-0.4, -0.2) is 0 Å². The van der Waals surface area contributed by atoms with E-state index in [1.54, 1.807) is 5.56 Å². The van der Waals surface area contributed by atoms with Gasteiger partial charge in [0.25, 0.3) is 0 Å². The summed E-state index contributed by atoms with van der Waals surface area (Å²) in [5, 5.41) is 0. The van der Waals surface area contributed by atoms with Crippen LogP contribution in [0.5, 0.6) is 0 Å². The van der Waals surface area contributed by atoms with E-state index in [0.29, 0.717) is 11.3 Å². The molecule has 0 heterocycles. The summed E-state index contributed by atoms with van der Waals surface area (Å²) in [6.45, 7) is 4.83. The second-order valence-corrected chi connectivity index (χ2v) is 17.5. The quantitative estimate of drug-likeness (QED) is 0.176. The van der Waals surface area contributed by atoms with E-state index in [1.807, 2.05) is 0 Å². The van der Waals surface area contributed by atoms with Crippen LogP contribution in [0.3, 0.4) is 0 Å². The molecular formula is C49H51N. The maximum atomic E-state index is 2.53. The molecule has 252 valence electrons. The Hall–Kier alpha value is -4.10. The number of rotatable bonds is 6. The van der Waals surface area contributed by atoms with E-state index in [9.17, 15) is 0 Å². The van der Waals surface area contributed by atoms with Gasteiger partial charge in [0, 0.05) is 22.5 Å². The first-order chi connectivity index (χ1) is 24.4. The Morgan fingerprint density at radius 1 is 0.540 bits per heavy atom. The average molecular weight is 654 g/mol. The second-order valence-electron chi connectivity index (χ2n) is 17.5. The van der Waals surface area contributed by atoms with Crippen LogP contribution in [0.15, 0.2) is 115 Å². The van der Waals surface area contributed by atoms with Crippen molar-refractivity contribution in [2.24, 2.45) is 17.8 Å². The van der Waals surface area contributed by atoms with Crippen LogP contribution in [0.1, 0.15) is 113 Å². The van der Waals surface area contributed by atoms with Crippen LogP contribution >= 0.6 is 0 Å². The van der Waals surface area contributed by atoms with Crippen LogP contribution in [0.2, 0.25) is 0 Å². The van der Waals surface area contributed by atoms with E-state index in [0.717, 1.165) is 17.8 Å². The van der Waals surface area contributed by atoms with E-state index < -0.39 is 0 Å². The molecule has 0 amide bonds.